The zero-order chi connectivity index (χ0) is 13.8. The number of aromatic nitrogens is 2. The fourth-order valence-corrected chi connectivity index (χ4v) is 3.78. The Morgan fingerprint density at radius 3 is 2.95 bits per heavy atom. The van der Waals surface area contributed by atoms with Crippen LogP contribution in [0, 0.1) is 11.8 Å². The Labute approximate surface area is 124 Å². The van der Waals surface area contributed by atoms with Crippen molar-refractivity contribution in [1.82, 2.24) is 15.5 Å². The minimum absolute atomic E-state index is 0.864. The van der Waals surface area contributed by atoms with Crippen LogP contribution in [0.25, 0.3) is 10.6 Å². The van der Waals surface area contributed by atoms with Crippen LogP contribution in [0.3, 0.4) is 0 Å². The number of thiophene rings is 1. The van der Waals surface area contributed by atoms with Crippen LogP contribution in [-0.2, 0) is 6.54 Å². The molecule has 0 aromatic carbocycles. The van der Waals surface area contributed by atoms with Crippen molar-refractivity contribution in [2.24, 2.45) is 11.8 Å². The lowest BCUT2D eigenvalue weighted by Gasteiger charge is -2.26. The molecule has 0 amide bonds. The molecule has 1 aliphatic rings. The van der Waals surface area contributed by atoms with E-state index in [0.29, 0.717) is 0 Å². The summed E-state index contributed by atoms with van der Waals surface area (Å²) in [6.07, 6.45) is 7.52. The summed E-state index contributed by atoms with van der Waals surface area (Å²) in [5, 5.41) is 13.0. The highest BCUT2D eigenvalue weighted by molar-refractivity contribution is 7.13. The highest BCUT2D eigenvalue weighted by Crippen LogP contribution is 2.28. The molecule has 1 fully saturated rings. The van der Waals surface area contributed by atoms with Gasteiger partial charge in [0, 0.05) is 12.1 Å². The maximum absolute atomic E-state index is 4.20. The van der Waals surface area contributed by atoms with Gasteiger partial charge in [0.05, 0.1) is 16.8 Å². The van der Waals surface area contributed by atoms with Crippen LogP contribution in [-0.4, -0.2) is 16.7 Å². The maximum atomic E-state index is 4.20. The minimum Gasteiger partial charge on any atom is -0.312 e. The van der Waals surface area contributed by atoms with Gasteiger partial charge in [-0.05, 0) is 42.7 Å². The van der Waals surface area contributed by atoms with Crippen LogP contribution in [0.1, 0.15) is 38.2 Å². The van der Waals surface area contributed by atoms with Gasteiger partial charge in [-0.25, -0.2) is 0 Å². The van der Waals surface area contributed by atoms with Crippen molar-refractivity contribution in [1.29, 1.82) is 0 Å². The topological polar surface area (TPSA) is 40.7 Å². The molecule has 2 aromatic heterocycles. The van der Waals surface area contributed by atoms with E-state index in [1.807, 2.05) is 6.20 Å². The van der Waals surface area contributed by atoms with E-state index in [1.165, 1.54) is 41.8 Å². The lowest BCUT2D eigenvalue weighted by atomic mass is 9.83. The molecule has 0 saturated heterocycles. The van der Waals surface area contributed by atoms with Gasteiger partial charge in [0.25, 0.3) is 0 Å². The second-order valence-electron chi connectivity index (χ2n) is 6.00. The fraction of sp³-hybridized carbons (Fsp3) is 0.562. The largest absolute Gasteiger partial charge is 0.312 e. The summed E-state index contributed by atoms with van der Waals surface area (Å²) in [5.41, 5.74) is 2.45. The average Bonchev–Trinajstić information content (AvgIpc) is 3.11. The second kappa shape index (κ2) is 6.55. The van der Waals surface area contributed by atoms with Gasteiger partial charge in [0.1, 0.15) is 0 Å². The van der Waals surface area contributed by atoms with Gasteiger partial charge in [-0.2, -0.15) is 5.10 Å². The number of H-pyrrole nitrogens is 1. The molecule has 3 nitrogen and oxygen atoms in total. The average molecular weight is 289 g/mol. The first-order valence-electron chi connectivity index (χ1n) is 7.59. The third-order valence-corrected chi connectivity index (χ3v) is 5.26. The van der Waals surface area contributed by atoms with Crippen molar-refractivity contribution < 1.29 is 0 Å². The third kappa shape index (κ3) is 3.30. The summed E-state index contributed by atoms with van der Waals surface area (Å²) < 4.78 is 0. The van der Waals surface area contributed by atoms with Crippen molar-refractivity contribution in [3.8, 4) is 10.6 Å². The first-order chi connectivity index (χ1) is 9.83. The van der Waals surface area contributed by atoms with E-state index < -0.39 is 0 Å². The summed E-state index contributed by atoms with van der Waals surface area (Å²) in [6.45, 7) is 4.43. The van der Waals surface area contributed by atoms with Crippen LogP contribution < -0.4 is 5.32 Å². The van der Waals surface area contributed by atoms with Crippen LogP contribution in [0.15, 0.2) is 23.7 Å². The zero-order valence-electron chi connectivity index (χ0n) is 12.1. The second-order valence-corrected chi connectivity index (χ2v) is 6.95. The third-order valence-electron chi connectivity index (χ3n) is 4.37. The van der Waals surface area contributed by atoms with E-state index in [9.17, 15) is 0 Å². The lowest BCUT2D eigenvalue weighted by Crippen LogP contribution is -2.25. The number of hydrogen-bond acceptors (Lipinski definition) is 3. The van der Waals surface area contributed by atoms with E-state index in [4.69, 9.17) is 0 Å². The molecule has 0 spiro atoms. The van der Waals surface area contributed by atoms with Crippen LogP contribution in [0.2, 0.25) is 0 Å². The minimum atomic E-state index is 0.864. The molecule has 3 rings (SSSR count). The van der Waals surface area contributed by atoms with Crippen LogP contribution in [0.4, 0.5) is 0 Å². The van der Waals surface area contributed by atoms with Crippen molar-refractivity contribution in [3.05, 3.63) is 29.3 Å². The van der Waals surface area contributed by atoms with Gasteiger partial charge in [0.2, 0.25) is 0 Å². The highest BCUT2D eigenvalue weighted by atomic mass is 32.1. The first kappa shape index (κ1) is 13.8. The Morgan fingerprint density at radius 2 is 2.20 bits per heavy atom. The van der Waals surface area contributed by atoms with Crippen molar-refractivity contribution >= 4 is 11.3 Å². The molecule has 0 atom stereocenters. The molecular weight excluding hydrogens is 266 g/mol. The summed E-state index contributed by atoms with van der Waals surface area (Å²) >= 11 is 1.76. The fourth-order valence-electron chi connectivity index (χ4n) is 3.02. The number of nitrogens with zero attached hydrogens (tertiary/aromatic N) is 1. The Bertz CT molecular complexity index is 510. The van der Waals surface area contributed by atoms with Gasteiger partial charge in [0.15, 0.2) is 0 Å². The molecule has 20 heavy (non-hydrogen) atoms. The Hall–Kier alpha value is -1.13. The van der Waals surface area contributed by atoms with E-state index in [-0.39, 0.29) is 0 Å². The van der Waals surface area contributed by atoms with Gasteiger partial charge >= 0.3 is 0 Å². The summed E-state index contributed by atoms with van der Waals surface area (Å²) in [7, 11) is 0. The van der Waals surface area contributed by atoms with E-state index in [2.05, 4.69) is 40.0 Å². The molecule has 2 heterocycles. The standard InChI is InChI=1S/C16H23N3S/c1-12-4-6-13(7-5-12)9-17-10-14-11-18-19-16(14)15-3-2-8-20-15/h2-3,8,11-13,17H,4-7,9-10H2,1H3,(H,18,19). The van der Waals surface area contributed by atoms with E-state index >= 15 is 0 Å². The van der Waals surface area contributed by atoms with Gasteiger partial charge in [-0.1, -0.05) is 25.8 Å². The predicted octanol–water partition coefficient (Wildman–Crippen LogP) is 4.05. The number of aromatic amines is 1. The number of rotatable bonds is 5. The number of nitrogens with one attached hydrogen (secondary N) is 2. The molecule has 0 unspecified atom stereocenters. The van der Waals surface area contributed by atoms with Gasteiger partial charge in [-0.15, -0.1) is 11.3 Å². The van der Waals surface area contributed by atoms with Crippen molar-refractivity contribution in [2.45, 2.75) is 39.2 Å². The van der Waals surface area contributed by atoms with E-state index in [1.54, 1.807) is 11.3 Å². The van der Waals surface area contributed by atoms with Crippen LogP contribution >= 0.6 is 11.3 Å². The molecule has 1 saturated carbocycles. The molecule has 4 heteroatoms. The molecule has 1 aliphatic carbocycles. The highest BCUT2D eigenvalue weighted by Gasteiger charge is 2.18. The summed E-state index contributed by atoms with van der Waals surface area (Å²) in [5.74, 6) is 1.80. The van der Waals surface area contributed by atoms with Crippen molar-refractivity contribution in [3.63, 3.8) is 0 Å². The van der Waals surface area contributed by atoms with Gasteiger partial charge < -0.3 is 5.32 Å². The lowest BCUT2D eigenvalue weighted by molar-refractivity contribution is 0.281. The summed E-state index contributed by atoms with van der Waals surface area (Å²) in [6, 6.07) is 4.23. The van der Waals surface area contributed by atoms with E-state index in [0.717, 1.165) is 24.9 Å². The van der Waals surface area contributed by atoms with Crippen LogP contribution in [0.5, 0.6) is 0 Å². The zero-order valence-corrected chi connectivity index (χ0v) is 12.9. The SMILES string of the molecule is CC1CCC(CNCc2cn[nH]c2-c2cccs2)CC1. The Balaban J connectivity index is 1.51. The predicted molar refractivity (Wildman–Crippen MR) is 84.7 cm³/mol. The maximum Gasteiger partial charge on any atom is 0.0794 e. The quantitative estimate of drug-likeness (QED) is 0.871. The Kier molecular flexibility index (Phi) is 4.53. The van der Waals surface area contributed by atoms with Gasteiger partial charge in [-0.3, -0.25) is 5.10 Å². The molecular formula is C16H23N3S. The normalized spacial score (nSPS) is 23.1. The molecule has 0 bridgehead atoms. The summed E-state index contributed by atoms with van der Waals surface area (Å²) in [4.78, 5) is 1.27. The molecule has 108 valence electrons. The smallest absolute Gasteiger partial charge is 0.0794 e. The molecule has 2 N–H and O–H groups in total. The molecule has 0 radical (unpaired) electrons. The Morgan fingerprint density at radius 1 is 1.35 bits per heavy atom. The van der Waals surface area contributed by atoms with Crippen molar-refractivity contribution in [2.75, 3.05) is 6.54 Å². The monoisotopic (exact) mass is 289 g/mol. The first-order valence-corrected chi connectivity index (χ1v) is 8.47. The number of hydrogen-bond donors (Lipinski definition) is 2. The molecule has 0 aliphatic heterocycles. The molecule has 2 aromatic rings.